The molecule has 0 fully saturated rings. The molecular formula is C41H26N4. The molecular weight excluding hydrogens is 548 g/mol. The number of aromatic nitrogens is 4. The van der Waals surface area contributed by atoms with Gasteiger partial charge >= 0.3 is 0 Å². The summed E-state index contributed by atoms with van der Waals surface area (Å²) in [6.45, 7) is 0. The van der Waals surface area contributed by atoms with Crippen molar-refractivity contribution < 1.29 is 0 Å². The van der Waals surface area contributed by atoms with Crippen molar-refractivity contribution in [1.29, 1.82) is 0 Å². The lowest BCUT2D eigenvalue weighted by atomic mass is 10.2. The molecule has 0 radical (unpaired) electrons. The van der Waals surface area contributed by atoms with Crippen LogP contribution in [0.15, 0.2) is 158 Å². The van der Waals surface area contributed by atoms with E-state index in [1.807, 2.05) is 0 Å². The second-order valence-corrected chi connectivity index (χ2v) is 11.7. The number of hydrogen-bond acceptors (Lipinski definition) is 1. The Kier molecular flexibility index (Phi) is 4.96. The van der Waals surface area contributed by atoms with Crippen molar-refractivity contribution in [2.24, 2.45) is 0 Å². The lowest BCUT2D eigenvalue weighted by Gasteiger charge is -2.16. The first-order chi connectivity index (χ1) is 22.3. The van der Waals surface area contributed by atoms with Gasteiger partial charge in [-0.15, -0.1) is 0 Å². The molecule has 10 aromatic rings. The minimum atomic E-state index is 0.878. The molecule has 0 spiro atoms. The molecule has 4 aromatic heterocycles. The first-order valence-electron chi connectivity index (χ1n) is 15.3. The molecule has 0 aliphatic carbocycles. The maximum Gasteiger partial charge on any atom is 0.142 e. The van der Waals surface area contributed by atoms with Gasteiger partial charge in [0.1, 0.15) is 11.6 Å². The third-order valence-corrected chi connectivity index (χ3v) is 9.24. The monoisotopic (exact) mass is 574 g/mol. The van der Waals surface area contributed by atoms with Crippen LogP contribution in [0.2, 0.25) is 0 Å². The number of fused-ring (bicyclic) bond motifs is 9. The minimum Gasteiger partial charge on any atom is -0.309 e. The first kappa shape index (κ1) is 24.3. The summed E-state index contributed by atoms with van der Waals surface area (Å²) in [4.78, 5) is 5.50. The zero-order valence-corrected chi connectivity index (χ0v) is 24.3. The van der Waals surface area contributed by atoms with Crippen molar-refractivity contribution >= 4 is 65.4 Å². The standard InChI is InChI=1S/C41H26N4/c1-7-19-34-28(13-1)29-14-2-8-20-35(29)43(34)27-25-40(44-36-21-9-3-15-30(36)31-16-4-10-22-37(31)44)42-41(26-27)45-38-23-11-5-17-32(38)33-18-6-12-24-39(33)45/h1-26H. The lowest BCUT2D eigenvalue weighted by Crippen LogP contribution is -2.06. The maximum atomic E-state index is 5.50. The van der Waals surface area contributed by atoms with Gasteiger partial charge in [0.25, 0.3) is 0 Å². The molecule has 210 valence electrons. The van der Waals surface area contributed by atoms with E-state index in [0.29, 0.717) is 0 Å². The van der Waals surface area contributed by atoms with Crippen molar-refractivity contribution in [2.45, 2.75) is 0 Å². The lowest BCUT2D eigenvalue weighted by molar-refractivity contribution is 0.997. The Morgan fingerprint density at radius 3 is 0.822 bits per heavy atom. The van der Waals surface area contributed by atoms with E-state index in [0.717, 1.165) is 39.4 Å². The molecule has 0 amide bonds. The van der Waals surface area contributed by atoms with E-state index in [9.17, 15) is 0 Å². The molecule has 4 heterocycles. The number of hydrogen-bond donors (Lipinski definition) is 0. The van der Waals surface area contributed by atoms with Gasteiger partial charge in [-0.2, -0.15) is 0 Å². The van der Waals surface area contributed by atoms with Crippen LogP contribution in [-0.4, -0.2) is 18.7 Å². The van der Waals surface area contributed by atoms with E-state index in [1.54, 1.807) is 0 Å². The van der Waals surface area contributed by atoms with Crippen LogP contribution in [0.4, 0.5) is 0 Å². The van der Waals surface area contributed by atoms with Gasteiger partial charge in [-0.3, -0.25) is 9.13 Å². The summed E-state index contributed by atoms with van der Waals surface area (Å²) in [5.41, 5.74) is 7.96. The zero-order valence-electron chi connectivity index (χ0n) is 24.3. The van der Waals surface area contributed by atoms with Gasteiger partial charge in [-0.05, 0) is 36.4 Å². The summed E-state index contributed by atoms with van der Waals surface area (Å²) in [7, 11) is 0. The molecule has 0 aliphatic rings. The van der Waals surface area contributed by atoms with Crippen LogP contribution in [0, 0.1) is 0 Å². The SMILES string of the molecule is c1ccc2c(c1)c1ccccc1n2-c1cc(-n2c3ccccc3c3ccccc32)nc(-n2c3ccccc3c3ccccc32)c1. The highest BCUT2D eigenvalue weighted by atomic mass is 15.1. The Bertz CT molecular complexity index is 2300. The van der Waals surface area contributed by atoms with Crippen LogP contribution in [0.1, 0.15) is 0 Å². The topological polar surface area (TPSA) is 27.7 Å². The van der Waals surface area contributed by atoms with Crippen LogP contribution in [0.25, 0.3) is 82.7 Å². The molecule has 6 aromatic carbocycles. The molecule has 0 N–H and O–H groups in total. The van der Waals surface area contributed by atoms with E-state index in [4.69, 9.17) is 4.98 Å². The third-order valence-electron chi connectivity index (χ3n) is 9.24. The summed E-state index contributed by atoms with van der Waals surface area (Å²) in [5, 5.41) is 7.35. The molecule has 10 rings (SSSR count). The van der Waals surface area contributed by atoms with Gasteiger partial charge in [-0.25, -0.2) is 4.98 Å². The second kappa shape index (κ2) is 9.18. The molecule has 0 atom stereocenters. The number of benzene rings is 6. The Morgan fingerprint density at radius 2 is 0.533 bits per heavy atom. The molecule has 0 aliphatic heterocycles. The van der Waals surface area contributed by atoms with Crippen LogP contribution in [0.3, 0.4) is 0 Å². The van der Waals surface area contributed by atoms with Crippen molar-refractivity contribution in [1.82, 2.24) is 18.7 Å². The van der Waals surface area contributed by atoms with Crippen LogP contribution < -0.4 is 0 Å². The molecule has 45 heavy (non-hydrogen) atoms. The Balaban J connectivity index is 1.38. The van der Waals surface area contributed by atoms with E-state index < -0.39 is 0 Å². The smallest absolute Gasteiger partial charge is 0.142 e. The number of rotatable bonds is 3. The summed E-state index contributed by atoms with van der Waals surface area (Å²) in [6.07, 6.45) is 0. The highest BCUT2D eigenvalue weighted by Gasteiger charge is 2.20. The minimum absolute atomic E-state index is 0.878. The largest absolute Gasteiger partial charge is 0.309 e. The van der Waals surface area contributed by atoms with Gasteiger partial charge < -0.3 is 4.57 Å². The molecule has 0 saturated carbocycles. The Labute approximate surface area is 258 Å². The number of para-hydroxylation sites is 6. The van der Waals surface area contributed by atoms with Crippen molar-refractivity contribution in [3.63, 3.8) is 0 Å². The summed E-state index contributed by atoms with van der Waals surface area (Å²) in [5.74, 6) is 1.76. The molecule has 4 nitrogen and oxygen atoms in total. The highest BCUT2D eigenvalue weighted by Crippen LogP contribution is 2.37. The second-order valence-electron chi connectivity index (χ2n) is 11.7. The van der Waals surface area contributed by atoms with Gasteiger partial charge in [0.05, 0.1) is 38.8 Å². The zero-order chi connectivity index (χ0) is 29.5. The van der Waals surface area contributed by atoms with E-state index in [-0.39, 0.29) is 0 Å². The van der Waals surface area contributed by atoms with E-state index in [1.165, 1.54) is 43.4 Å². The number of pyridine rings is 1. The van der Waals surface area contributed by atoms with Crippen LogP contribution in [-0.2, 0) is 0 Å². The fourth-order valence-electron chi connectivity index (χ4n) is 7.39. The maximum absolute atomic E-state index is 5.50. The van der Waals surface area contributed by atoms with Crippen molar-refractivity contribution in [3.05, 3.63) is 158 Å². The average molecular weight is 575 g/mol. The highest BCUT2D eigenvalue weighted by molar-refractivity contribution is 6.11. The predicted molar refractivity (Wildman–Crippen MR) is 187 cm³/mol. The van der Waals surface area contributed by atoms with Crippen LogP contribution >= 0.6 is 0 Å². The molecule has 0 unspecified atom stereocenters. The van der Waals surface area contributed by atoms with Gasteiger partial charge in [0.15, 0.2) is 0 Å². The Morgan fingerprint density at radius 1 is 0.289 bits per heavy atom. The van der Waals surface area contributed by atoms with Gasteiger partial charge in [-0.1, -0.05) is 109 Å². The molecule has 0 bridgehead atoms. The van der Waals surface area contributed by atoms with Crippen LogP contribution in [0.5, 0.6) is 0 Å². The third kappa shape index (κ3) is 3.39. The number of nitrogens with zero attached hydrogens (tertiary/aromatic N) is 4. The fraction of sp³-hybridized carbons (Fsp3) is 0. The fourth-order valence-corrected chi connectivity index (χ4v) is 7.39. The molecule has 0 saturated heterocycles. The summed E-state index contributed by atoms with van der Waals surface area (Å²) >= 11 is 0. The average Bonchev–Trinajstić information content (AvgIpc) is 3.74. The van der Waals surface area contributed by atoms with E-state index in [2.05, 4.69) is 171 Å². The summed E-state index contributed by atoms with van der Waals surface area (Å²) in [6, 6.07) is 56.4. The quantitative estimate of drug-likeness (QED) is 0.206. The van der Waals surface area contributed by atoms with Gasteiger partial charge in [0.2, 0.25) is 0 Å². The predicted octanol–water partition coefficient (Wildman–Crippen LogP) is 10.4. The van der Waals surface area contributed by atoms with E-state index >= 15 is 0 Å². The van der Waals surface area contributed by atoms with Crippen molar-refractivity contribution in [3.8, 4) is 17.3 Å². The Hall–Kier alpha value is -6.13. The normalized spacial score (nSPS) is 12.0. The van der Waals surface area contributed by atoms with Gasteiger partial charge in [0, 0.05) is 44.5 Å². The first-order valence-corrected chi connectivity index (χ1v) is 15.3. The van der Waals surface area contributed by atoms with Crippen molar-refractivity contribution in [2.75, 3.05) is 0 Å². The summed E-state index contributed by atoms with van der Waals surface area (Å²) < 4.78 is 7.03. The molecule has 4 heteroatoms.